The van der Waals surface area contributed by atoms with Crippen LogP contribution in [0.2, 0.25) is 0 Å². The Hall–Kier alpha value is -1.44. The van der Waals surface area contributed by atoms with Gasteiger partial charge in [-0.25, -0.2) is 8.42 Å². The molecule has 2 rings (SSSR count). The molecule has 22 heavy (non-hydrogen) atoms. The summed E-state index contributed by atoms with van der Waals surface area (Å²) in [6, 6.07) is 8.51. The van der Waals surface area contributed by atoms with Crippen molar-refractivity contribution in [1.82, 2.24) is 9.80 Å². The SMILES string of the molecule is O=C(O)CCN1CCN(CCS(=O)(=O)c2ccccc2)CC1. The summed E-state index contributed by atoms with van der Waals surface area (Å²) in [4.78, 5) is 15.2. The van der Waals surface area contributed by atoms with Crippen molar-refractivity contribution < 1.29 is 18.3 Å². The molecule has 1 aliphatic rings. The molecule has 0 atom stereocenters. The molecule has 1 aliphatic heterocycles. The van der Waals surface area contributed by atoms with E-state index in [2.05, 4.69) is 9.80 Å². The highest BCUT2D eigenvalue weighted by atomic mass is 32.2. The number of nitrogens with zero attached hydrogens (tertiary/aromatic N) is 2. The predicted octanol–water partition coefficient (Wildman–Crippen LogP) is 0.553. The fraction of sp³-hybridized carbons (Fsp3) is 0.533. The average molecular weight is 326 g/mol. The third-order valence-corrected chi connectivity index (χ3v) is 5.60. The molecule has 1 aromatic carbocycles. The van der Waals surface area contributed by atoms with E-state index in [1.165, 1.54) is 0 Å². The molecule has 0 aromatic heterocycles. The summed E-state index contributed by atoms with van der Waals surface area (Å²) >= 11 is 0. The van der Waals surface area contributed by atoms with E-state index in [9.17, 15) is 13.2 Å². The van der Waals surface area contributed by atoms with Crippen LogP contribution in [0.4, 0.5) is 0 Å². The van der Waals surface area contributed by atoms with Crippen molar-refractivity contribution in [3.63, 3.8) is 0 Å². The van der Waals surface area contributed by atoms with Gasteiger partial charge in [0.25, 0.3) is 0 Å². The Morgan fingerprint density at radius 2 is 1.55 bits per heavy atom. The molecule has 0 aliphatic carbocycles. The largest absolute Gasteiger partial charge is 0.481 e. The molecule has 0 amide bonds. The molecule has 1 N–H and O–H groups in total. The summed E-state index contributed by atoms with van der Waals surface area (Å²) in [7, 11) is -3.23. The van der Waals surface area contributed by atoms with E-state index in [1.54, 1.807) is 30.3 Å². The zero-order valence-electron chi connectivity index (χ0n) is 12.5. The smallest absolute Gasteiger partial charge is 0.304 e. The molecule has 0 bridgehead atoms. The second-order valence-corrected chi connectivity index (χ2v) is 7.57. The van der Waals surface area contributed by atoms with Crippen LogP contribution in [0.5, 0.6) is 0 Å². The first-order valence-electron chi connectivity index (χ1n) is 7.42. The van der Waals surface area contributed by atoms with Crippen molar-refractivity contribution in [2.24, 2.45) is 0 Å². The summed E-state index contributed by atoms with van der Waals surface area (Å²) in [5, 5.41) is 8.67. The number of benzene rings is 1. The number of hydrogen-bond acceptors (Lipinski definition) is 5. The quantitative estimate of drug-likeness (QED) is 0.788. The lowest BCUT2D eigenvalue weighted by molar-refractivity contribution is -0.137. The van der Waals surface area contributed by atoms with E-state index in [1.807, 2.05) is 0 Å². The molecule has 1 saturated heterocycles. The van der Waals surface area contributed by atoms with Gasteiger partial charge in [-0.15, -0.1) is 0 Å². The van der Waals surface area contributed by atoms with Crippen molar-refractivity contribution in [3.05, 3.63) is 30.3 Å². The van der Waals surface area contributed by atoms with Crippen LogP contribution in [-0.2, 0) is 14.6 Å². The Balaban J connectivity index is 1.76. The van der Waals surface area contributed by atoms with E-state index in [4.69, 9.17) is 5.11 Å². The van der Waals surface area contributed by atoms with Gasteiger partial charge >= 0.3 is 5.97 Å². The first kappa shape index (κ1) is 16.9. The molecule has 1 fully saturated rings. The maximum Gasteiger partial charge on any atom is 0.304 e. The van der Waals surface area contributed by atoms with Gasteiger partial charge in [-0.3, -0.25) is 9.69 Å². The van der Waals surface area contributed by atoms with E-state index >= 15 is 0 Å². The van der Waals surface area contributed by atoms with E-state index in [0.717, 1.165) is 26.2 Å². The lowest BCUT2D eigenvalue weighted by Gasteiger charge is -2.34. The minimum Gasteiger partial charge on any atom is -0.481 e. The van der Waals surface area contributed by atoms with E-state index < -0.39 is 15.8 Å². The Morgan fingerprint density at radius 1 is 1.00 bits per heavy atom. The molecule has 0 radical (unpaired) electrons. The maximum absolute atomic E-state index is 12.2. The normalized spacial score (nSPS) is 17.5. The third kappa shape index (κ3) is 5.08. The first-order chi connectivity index (χ1) is 10.5. The molecule has 0 spiro atoms. The van der Waals surface area contributed by atoms with Crippen LogP contribution in [0, 0.1) is 0 Å². The molecule has 1 heterocycles. The number of sulfone groups is 1. The molecule has 0 unspecified atom stereocenters. The summed E-state index contributed by atoms with van der Waals surface area (Å²) in [5.41, 5.74) is 0. The van der Waals surface area contributed by atoms with Gasteiger partial charge in [-0.05, 0) is 12.1 Å². The molecule has 0 saturated carbocycles. The topological polar surface area (TPSA) is 77.9 Å². The molecule has 7 heteroatoms. The van der Waals surface area contributed by atoms with Gasteiger partial charge in [0.15, 0.2) is 9.84 Å². The van der Waals surface area contributed by atoms with Crippen molar-refractivity contribution in [2.45, 2.75) is 11.3 Å². The fourth-order valence-corrected chi connectivity index (χ4v) is 3.79. The third-order valence-electron chi connectivity index (χ3n) is 3.89. The molecule has 122 valence electrons. The van der Waals surface area contributed by atoms with Crippen LogP contribution < -0.4 is 0 Å². The Kier molecular flexibility index (Phi) is 5.93. The van der Waals surface area contributed by atoms with Gasteiger partial charge in [-0.1, -0.05) is 18.2 Å². The van der Waals surface area contributed by atoms with Gasteiger partial charge in [-0.2, -0.15) is 0 Å². The summed E-state index contributed by atoms with van der Waals surface area (Å²) in [6.07, 6.45) is 0.155. The van der Waals surface area contributed by atoms with Crippen LogP contribution in [0.15, 0.2) is 35.2 Å². The maximum atomic E-state index is 12.2. The lowest BCUT2D eigenvalue weighted by Crippen LogP contribution is -2.47. The monoisotopic (exact) mass is 326 g/mol. The van der Waals surface area contributed by atoms with E-state index in [0.29, 0.717) is 18.0 Å². The Bertz CT molecular complexity index is 581. The molecular formula is C15H22N2O4S. The predicted molar refractivity (Wildman–Crippen MR) is 83.6 cm³/mol. The Labute approximate surface area is 131 Å². The highest BCUT2D eigenvalue weighted by Gasteiger charge is 2.20. The minimum absolute atomic E-state index is 0.117. The van der Waals surface area contributed by atoms with Crippen LogP contribution in [0.3, 0.4) is 0 Å². The summed E-state index contributed by atoms with van der Waals surface area (Å²) < 4.78 is 24.4. The molecular weight excluding hydrogens is 304 g/mol. The van der Waals surface area contributed by atoms with Crippen LogP contribution in [0.25, 0.3) is 0 Å². The van der Waals surface area contributed by atoms with Crippen LogP contribution in [0.1, 0.15) is 6.42 Å². The number of hydrogen-bond donors (Lipinski definition) is 1. The van der Waals surface area contributed by atoms with E-state index in [-0.39, 0.29) is 12.2 Å². The van der Waals surface area contributed by atoms with Crippen molar-refractivity contribution in [2.75, 3.05) is 45.0 Å². The lowest BCUT2D eigenvalue weighted by atomic mass is 10.3. The average Bonchev–Trinajstić information content (AvgIpc) is 2.53. The highest BCUT2D eigenvalue weighted by molar-refractivity contribution is 7.91. The first-order valence-corrected chi connectivity index (χ1v) is 9.07. The van der Waals surface area contributed by atoms with Gasteiger partial charge in [0, 0.05) is 39.3 Å². The van der Waals surface area contributed by atoms with Crippen molar-refractivity contribution in [3.8, 4) is 0 Å². The minimum atomic E-state index is -3.23. The van der Waals surface area contributed by atoms with Gasteiger partial charge in [0.2, 0.25) is 0 Å². The Morgan fingerprint density at radius 3 is 2.09 bits per heavy atom. The zero-order valence-corrected chi connectivity index (χ0v) is 13.3. The number of rotatable bonds is 7. The van der Waals surface area contributed by atoms with Crippen LogP contribution >= 0.6 is 0 Å². The summed E-state index contributed by atoms with van der Waals surface area (Å²) in [5.74, 6) is -0.664. The van der Waals surface area contributed by atoms with Gasteiger partial charge in [0.1, 0.15) is 0 Å². The number of carbonyl (C=O) groups is 1. The van der Waals surface area contributed by atoms with Crippen LogP contribution in [-0.4, -0.2) is 74.3 Å². The number of piperazine rings is 1. The molecule has 1 aromatic rings. The fourth-order valence-electron chi connectivity index (χ4n) is 2.49. The standard InChI is InChI=1S/C15H22N2O4S/c18-15(19)6-7-16-8-10-17(11-9-16)12-13-22(20,21)14-4-2-1-3-5-14/h1-5H,6-13H2,(H,18,19). The second-order valence-electron chi connectivity index (χ2n) is 5.46. The zero-order chi connectivity index (χ0) is 16.0. The number of aliphatic carboxylic acids is 1. The second kappa shape index (κ2) is 7.71. The number of carboxylic acid groups (broad SMARTS) is 1. The van der Waals surface area contributed by atoms with Crippen molar-refractivity contribution in [1.29, 1.82) is 0 Å². The van der Waals surface area contributed by atoms with Gasteiger partial charge in [0.05, 0.1) is 17.1 Å². The molecule has 6 nitrogen and oxygen atoms in total. The summed E-state index contributed by atoms with van der Waals surface area (Å²) in [6.45, 7) is 4.22. The highest BCUT2D eigenvalue weighted by Crippen LogP contribution is 2.11. The van der Waals surface area contributed by atoms with Crippen molar-refractivity contribution >= 4 is 15.8 Å². The number of carboxylic acids is 1. The van der Waals surface area contributed by atoms with Gasteiger partial charge < -0.3 is 10.0 Å².